The molecular formula is C19H19N3O3. The van der Waals surface area contributed by atoms with Crippen LogP contribution in [0.5, 0.6) is 0 Å². The van der Waals surface area contributed by atoms with Crippen LogP contribution in [-0.4, -0.2) is 24.8 Å². The van der Waals surface area contributed by atoms with Crippen molar-refractivity contribution in [2.24, 2.45) is 0 Å². The minimum absolute atomic E-state index is 0.0964. The second-order valence-electron chi connectivity index (χ2n) is 6.01. The molecule has 1 aliphatic heterocycles. The summed E-state index contributed by atoms with van der Waals surface area (Å²) in [6, 6.07) is 12.3. The molecule has 128 valence electrons. The van der Waals surface area contributed by atoms with E-state index in [0.717, 1.165) is 11.3 Å². The molecule has 0 aliphatic carbocycles. The highest BCUT2D eigenvalue weighted by atomic mass is 16.2. The molecule has 0 saturated heterocycles. The van der Waals surface area contributed by atoms with E-state index in [1.54, 1.807) is 42.3 Å². The van der Waals surface area contributed by atoms with Gasteiger partial charge in [-0.2, -0.15) is 0 Å². The summed E-state index contributed by atoms with van der Waals surface area (Å²) < 4.78 is 0. The van der Waals surface area contributed by atoms with Gasteiger partial charge in [0.1, 0.15) is 0 Å². The Labute approximate surface area is 145 Å². The molecule has 6 nitrogen and oxygen atoms in total. The molecule has 25 heavy (non-hydrogen) atoms. The average Bonchev–Trinajstić information content (AvgIpc) is 2.58. The van der Waals surface area contributed by atoms with E-state index in [0.29, 0.717) is 29.8 Å². The van der Waals surface area contributed by atoms with Crippen molar-refractivity contribution in [3.8, 4) is 0 Å². The number of carbonyl (C=O) groups excluding carboxylic acids is 3. The van der Waals surface area contributed by atoms with Crippen molar-refractivity contribution in [1.29, 1.82) is 0 Å². The number of nitrogens with zero attached hydrogens (tertiary/aromatic N) is 1. The van der Waals surface area contributed by atoms with Crippen LogP contribution in [0.25, 0.3) is 0 Å². The van der Waals surface area contributed by atoms with Gasteiger partial charge in [-0.25, -0.2) is 0 Å². The van der Waals surface area contributed by atoms with Crippen LogP contribution in [-0.2, 0) is 16.0 Å². The first kappa shape index (κ1) is 16.7. The average molecular weight is 337 g/mol. The number of carbonyl (C=O) groups is 3. The van der Waals surface area contributed by atoms with Crippen LogP contribution < -0.4 is 15.5 Å². The lowest BCUT2D eigenvalue weighted by atomic mass is 10.0. The van der Waals surface area contributed by atoms with Gasteiger partial charge in [0.2, 0.25) is 11.8 Å². The van der Waals surface area contributed by atoms with Gasteiger partial charge in [-0.1, -0.05) is 6.07 Å². The number of hydrogen-bond acceptors (Lipinski definition) is 3. The van der Waals surface area contributed by atoms with Crippen LogP contribution in [0.1, 0.15) is 29.3 Å². The highest BCUT2D eigenvalue weighted by molar-refractivity contribution is 6.05. The molecule has 1 heterocycles. The Morgan fingerprint density at radius 2 is 1.76 bits per heavy atom. The van der Waals surface area contributed by atoms with Crippen molar-refractivity contribution in [2.45, 2.75) is 19.8 Å². The topological polar surface area (TPSA) is 78.5 Å². The lowest BCUT2D eigenvalue weighted by Crippen LogP contribution is -2.31. The molecule has 2 aromatic carbocycles. The number of fused-ring (bicyclic) bond motifs is 1. The molecule has 0 radical (unpaired) electrons. The van der Waals surface area contributed by atoms with Crippen LogP contribution in [0.3, 0.4) is 0 Å². The predicted octanol–water partition coefficient (Wildman–Crippen LogP) is 2.81. The van der Waals surface area contributed by atoms with Gasteiger partial charge < -0.3 is 15.5 Å². The van der Waals surface area contributed by atoms with Gasteiger partial charge in [0.15, 0.2) is 0 Å². The molecule has 3 rings (SSSR count). The second kappa shape index (κ2) is 6.76. The number of hydrogen-bond donors (Lipinski definition) is 2. The minimum Gasteiger partial charge on any atom is -0.326 e. The summed E-state index contributed by atoms with van der Waals surface area (Å²) in [5.74, 6) is -0.350. The lowest BCUT2D eigenvalue weighted by molar-refractivity contribution is -0.118. The fourth-order valence-corrected chi connectivity index (χ4v) is 2.88. The third-order valence-corrected chi connectivity index (χ3v) is 4.13. The Morgan fingerprint density at radius 3 is 2.52 bits per heavy atom. The van der Waals surface area contributed by atoms with Gasteiger partial charge >= 0.3 is 0 Å². The van der Waals surface area contributed by atoms with Gasteiger partial charge in [-0.3, -0.25) is 14.4 Å². The monoisotopic (exact) mass is 337 g/mol. The molecule has 0 spiro atoms. The summed E-state index contributed by atoms with van der Waals surface area (Å²) in [5, 5.41) is 5.52. The molecule has 6 heteroatoms. The third kappa shape index (κ3) is 3.68. The van der Waals surface area contributed by atoms with Crippen molar-refractivity contribution >= 4 is 34.8 Å². The molecule has 3 amide bonds. The van der Waals surface area contributed by atoms with Crippen LogP contribution in [0, 0.1) is 0 Å². The summed E-state index contributed by atoms with van der Waals surface area (Å²) in [6.07, 6.45) is 1.14. The van der Waals surface area contributed by atoms with E-state index in [1.807, 2.05) is 12.1 Å². The number of aryl methyl sites for hydroxylation is 1. The van der Waals surface area contributed by atoms with E-state index in [1.165, 1.54) is 6.92 Å². The van der Waals surface area contributed by atoms with Gasteiger partial charge in [-0.05, 0) is 48.4 Å². The SMILES string of the molecule is CC(=O)Nc1cccc(C(=O)Nc2ccc3c(c2)CCC(=O)N3C)c1. The number of benzene rings is 2. The molecular weight excluding hydrogens is 318 g/mol. The van der Waals surface area contributed by atoms with E-state index in [4.69, 9.17) is 0 Å². The molecule has 0 saturated carbocycles. The zero-order chi connectivity index (χ0) is 18.0. The standard InChI is InChI=1S/C19H19N3O3/c1-12(23)20-15-5-3-4-14(11-15)19(25)21-16-7-8-17-13(10-16)6-9-18(24)22(17)2/h3-5,7-8,10-11H,6,9H2,1-2H3,(H,20,23)(H,21,25). The van der Waals surface area contributed by atoms with Crippen LogP contribution in [0.15, 0.2) is 42.5 Å². The third-order valence-electron chi connectivity index (χ3n) is 4.13. The smallest absolute Gasteiger partial charge is 0.255 e. The molecule has 1 aliphatic rings. The summed E-state index contributed by atoms with van der Waals surface area (Å²) >= 11 is 0. The zero-order valence-corrected chi connectivity index (χ0v) is 14.1. The Bertz CT molecular complexity index is 861. The fourth-order valence-electron chi connectivity index (χ4n) is 2.88. The first-order chi connectivity index (χ1) is 11.9. The largest absolute Gasteiger partial charge is 0.326 e. The number of nitrogens with one attached hydrogen (secondary N) is 2. The number of rotatable bonds is 3. The Kier molecular flexibility index (Phi) is 4.52. The van der Waals surface area contributed by atoms with E-state index < -0.39 is 0 Å². The maximum atomic E-state index is 12.4. The Hall–Kier alpha value is -3.15. The van der Waals surface area contributed by atoms with Crippen LogP contribution >= 0.6 is 0 Å². The van der Waals surface area contributed by atoms with Gasteiger partial charge in [0.25, 0.3) is 5.91 Å². The molecule has 0 atom stereocenters. The van der Waals surface area contributed by atoms with Gasteiger partial charge in [0.05, 0.1) is 0 Å². The van der Waals surface area contributed by atoms with E-state index >= 15 is 0 Å². The quantitative estimate of drug-likeness (QED) is 0.904. The zero-order valence-electron chi connectivity index (χ0n) is 14.1. The maximum Gasteiger partial charge on any atom is 0.255 e. The molecule has 2 N–H and O–H groups in total. The van der Waals surface area contributed by atoms with Crippen molar-refractivity contribution < 1.29 is 14.4 Å². The Morgan fingerprint density at radius 1 is 1.00 bits per heavy atom. The van der Waals surface area contributed by atoms with Gasteiger partial charge in [-0.15, -0.1) is 0 Å². The summed E-state index contributed by atoms with van der Waals surface area (Å²) in [7, 11) is 1.76. The summed E-state index contributed by atoms with van der Waals surface area (Å²) in [5.41, 5.74) is 3.62. The van der Waals surface area contributed by atoms with Crippen molar-refractivity contribution in [3.63, 3.8) is 0 Å². The first-order valence-electron chi connectivity index (χ1n) is 8.02. The van der Waals surface area contributed by atoms with Crippen molar-refractivity contribution in [3.05, 3.63) is 53.6 Å². The lowest BCUT2D eigenvalue weighted by Gasteiger charge is -2.26. The summed E-state index contributed by atoms with van der Waals surface area (Å²) in [6.45, 7) is 1.42. The number of anilines is 3. The van der Waals surface area contributed by atoms with Gasteiger partial charge in [0, 0.05) is 43.0 Å². The van der Waals surface area contributed by atoms with E-state index in [9.17, 15) is 14.4 Å². The van der Waals surface area contributed by atoms with E-state index in [-0.39, 0.29) is 17.7 Å². The molecule has 0 aromatic heterocycles. The van der Waals surface area contributed by atoms with Crippen molar-refractivity contribution in [2.75, 3.05) is 22.6 Å². The first-order valence-corrected chi connectivity index (χ1v) is 8.02. The summed E-state index contributed by atoms with van der Waals surface area (Å²) in [4.78, 5) is 37.0. The Balaban J connectivity index is 1.78. The van der Waals surface area contributed by atoms with E-state index in [2.05, 4.69) is 10.6 Å². The normalized spacial score (nSPS) is 13.2. The predicted molar refractivity (Wildman–Crippen MR) is 96.9 cm³/mol. The van der Waals surface area contributed by atoms with Crippen molar-refractivity contribution in [1.82, 2.24) is 0 Å². The molecule has 2 aromatic rings. The van der Waals surface area contributed by atoms with Crippen LogP contribution in [0.4, 0.5) is 17.1 Å². The highest BCUT2D eigenvalue weighted by Gasteiger charge is 2.21. The number of amides is 3. The molecule has 0 bridgehead atoms. The second-order valence-corrected chi connectivity index (χ2v) is 6.01. The fraction of sp³-hybridized carbons (Fsp3) is 0.211. The van der Waals surface area contributed by atoms with Crippen LogP contribution in [0.2, 0.25) is 0 Å². The molecule has 0 unspecified atom stereocenters. The highest BCUT2D eigenvalue weighted by Crippen LogP contribution is 2.29. The minimum atomic E-state index is -0.257. The maximum absolute atomic E-state index is 12.4. The molecule has 0 fully saturated rings.